The number of hydrogen-bond donors (Lipinski definition) is 1. The van der Waals surface area contributed by atoms with Gasteiger partial charge in [-0.1, -0.05) is 19.6 Å². The maximum Gasteiger partial charge on any atom is 0.357 e. The van der Waals surface area contributed by atoms with Gasteiger partial charge in [-0.25, -0.2) is 19.6 Å². The van der Waals surface area contributed by atoms with Crippen LogP contribution in [0.2, 0.25) is 0 Å². The largest absolute Gasteiger partial charge is 0.462 e. The van der Waals surface area contributed by atoms with Crippen molar-refractivity contribution >= 4 is 17.8 Å². The van der Waals surface area contributed by atoms with Crippen molar-refractivity contribution in [2.24, 2.45) is 5.73 Å². The zero-order valence-corrected chi connectivity index (χ0v) is 12.4. The van der Waals surface area contributed by atoms with Gasteiger partial charge in [-0.15, -0.1) is 0 Å². The van der Waals surface area contributed by atoms with Crippen molar-refractivity contribution in [2.45, 2.75) is 19.4 Å². The number of nitrogens with two attached hydrogens (primary N) is 1. The van der Waals surface area contributed by atoms with Crippen LogP contribution in [0.4, 0.5) is 0 Å². The first-order valence-electron chi connectivity index (χ1n) is 7.04. The lowest BCUT2D eigenvalue weighted by Crippen LogP contribution is -2.38. The molecular formula is C14H19N3O5. The van der Waals surface area contributed by atoms with Crippen LogP contribution in [-0.2, 0) is 23.9 Å². The number of esters is 2. The number of ether oxygens (including phenoxy) is 2. The monoisotopic (exact) mass is 309 g/mol. The normalized spacial score (nSPS) is 21.1. The highest BCUT2D eigenvalue weighted by atomic mass is 16.5. The van der Waals surface area contributed by atoms with Gasteiger partial charge in [-0.2, -0.15) is 0 Å². The van der Waals surface area contributed by atoms with E-state index >= 15 is 0 Å². The molecule has 0 aromatic heterocycles. The zero-order chi connectivity index (χ0) is 16.3. The summed E-state index contributed by atoms with van der Waals surface area (Å²) in [5.41, 5.74) is 5.70. The first-order valence-corrected chi connectivity index (χ1v) is 7.04. The van der Waals surface area contributed by atoms with Crippen molar-refractivity contribution in [3.63, 3.8) is 0 Å². The van der Waals surface area contributed by atoms with Gasteiger partial charge in [0.05, 0.1) is 18.7 Å². The molecule has 8 heteroatoms. The molecule has 8 nitrogen and oxygen atoms in total. The van der Waals surface area contributed by atoms with Crippen molar-refractivity contribution in [3.8, 4) is 0 Å². The molecule has 1 fully saturated rings. The Bertz CT molecular complexity index is 543. The summed E-state index contributed by atoms with van der Waals surface area (Å²) in [6.45, 7) is 5.87. The van der Waals surface area contributed by atoms with Gasteiger partial charge in [-0.05, 0) is 6.42 Å². The van der Waals surface area contributed by atoms with E-state index in [1.54, 1.807) is 5.01 Å². The summed E-state index contributed by atoms with van der Waals surface area (Å²) in [7, 11) is 0. The van der Waals surface area contributed by atoms with Crippen LogP contribution in [0.25, 0.3) is 0 Å². The van der Waals surface area contributed by atoms with Crippen molar-refractivity contribution in [1.29, 1.82) is 0 Å². The van der Waals surface area contributed by atoms with Gasteiger partial charge in [0.2, 0.25) is 0 Å². The fourth-order valence-corrected chi connectivity index (χ4v) is 2.31. The predicted molar refractivity (Wildman–Crippen MR) is 75.8 cm³/mol. The van der Waals surface area contributed by atoms with Crippen LogP contribution in [0, 0.1) is 0 Å². The highest BCUT2D eigenvalue weighted by Gasteiger charge is 2.48. The van der Waals surface area contributed by atoms with Gasteiger partial charge in [-0.3, -0.25) is 4.79 Å². The molecule has 0 aliphatic carbocycles. The summed E-state index contributed by atoms with van der Waals surface area (Å²) >= 11 is 0. The maximum absolute atomic E-state index is 12.2. The summed E-state index contributed by atoms with van der Waals surface area (Å²) in [6, 6.07) is -0.726. The van der Waals surface area contributed by atoms with Gasteiger partial charge >= 0.3 is 11.9 Å². The SMILES string of the molecule is C=CCOC(=O)C1=C(C(=O)OCCC)CN2C[C@@H](N)C(=O)N12. The van der Waals surface area contributed by atoms with E-state index in [4.69, 9.17) is 15.2 Å². The first kappa shape index (κ1) is 16.2. The Morgan fingerprint density at radius 2 is 2.14 bits per heavy atom. The lowest BCUT2D eigenvalue weighted by molar-refractivity contribution is -0.146. The number of hydrazine groups is 1. The molecule has 0 bridgehead atoms. The molecule has 0 radical (unpaired) electrons. The molecule has 1 amide bonds. The van der Waals surface area contributed by atoms with E-state index in [0.717, 1.165) is 5.01 Å². The second kappa shape index (κ2) is 6.71. The summed E-state index contributed by atoms with van der Waals surface area (Å²) in [4.78, 5) is 36.4. The molecule has 0 spiro atoms. The standard InChI is InChI=1S/C14H19N3O5/c1-3-5-21-13(19)9-7-16-8-10(15)12(18)17(16)11(9)14(20)22-6-4-2/h4,10H,2-3,5-8,15H2,1H3/t10-/m1/s1. The molecule has 120 valence electrons. The number of rotatable bonds is 6. The number of amides is 1. The Kier molecular flexibility index (Phi) is 4.94. The second-order valence-electron chi connectivity index (χ2n) is 4.95. The summed E-state index contributed by atoms with van der Waals surface area (Å²) in [5.74, 6) is -1.83. The predicted octanol–water partition coefficient (Wildman–Crippen LogP) is -0.677. The minimum Gasteiger partial charge on any atom is -0.462 e. The minimum atomic E-state index is -0.770. The van der Waals surface area contributed by atoms with Crippen molar-refractivity contribution in [2.75, 3.05) is 26.3 Å². The fraction of sp³-hybridized carbons (Fsp3) is 0.500. The Morgan fingerprint density at radius 1 is 1.41 bits per heavy atom. The highest BCUT2D eigenvalue weighted by Crippen LogP contribution is 2.30. The number of carbonyl (C=O) groups is 3. The lowest BCUT2D eigenvalue weighted by Gasteiger charge is -2.20. The van der Waals surface area contributed by atoms with E-state index < -0.39 is 23.9 Å². The smallest absolute Gasteiger partial charge is 0.357 e. The van der Waals surface area contributed by atoms with Crippen LogP contribution >= 0.6 is 0 Å². The third kappa shape index (κ3) is 2.88. The van der Waals surface area contributed by atoms with Crippen LogP contribution in [0.3, 0.4) is 0 Å². The zero-order valence-electron chi connectivity index (χ0n) is 12.4. The van der Waals surface area contributed by atoms with Crippen LogP contribution in [0.1, 0.15) is 13.3 Å². The van der Waals surface area contributed by atoms with Crippen LogP contribution in [0.5, 0.6) is 0 Å². The van der Waals surface area contributed by atoms with Crippen molar-refractivity contribution in [1.82, 2.24) is 10.0 Å². The van der Waals surface area contributed by atoms with E-state index in [1.807, 2.05) is 6.92 Å². The molecule has 22 heavy (non-hydrogen) atoms. The number of carbonyl (C=O) groups excluding carboxylic acids is 3. The lowest BCUT2D eigenvalue weighted by atomic mass is 10.2. The van der Waals surface area contributed by atoms with Crippen LogP contribution in [0.15, 0.2) is 23.9 Å². The van der Waals surface area contributed by atoms with Gasteiger partial charge in [0.15, 0.2) is 5.70 Å². The molecule has 1 saturated heterocycles. The van der Waals surface area contributed by atoms with Crippen molar-refractivity contribution < 1.29 is 23.9 Å². The molecule has 0 unspecified atom stereocenters. The van der Waals surface area contributed by atoms with E-state index in [1.165, 1.54) is 6.08 Å². The Labute approximate surface area is 128 Å². The van der Waals surface area contributed by atoms with Crippen LogP contribution < -0.4 is 5.73 Å². The van der Waals surface area contributed by atoms with Gasteiger partial charge in [0, 0.05) is 6.54 Å². The average molecular weight is 309 g/mol. The third-order valence-electron chi connectivity index (χ3n) is 3.26. The quantitative estimate of drug-likeness (QED) is 0.512. The van der Waals surface area contributed by atoms with Gasteiger partial charge in [0.1, 0.15) is 12.6 Å². The van der Waals surface area contributed by atoms with Crippen LogP contribution in [-0.4, -0.2) is 60.2 Å². The number of hydrogen-bond acceptors (Lipinski definition) is 7. The topological polar surface area (TPSA) is 102 Å². The Balaban J connectivity index is 2.30. The molecular weight excluding hydrogens is 290 g/mol. The highest BCUT2D eigenvalue weighted by molar-refractivity contribution is 6.05. The Hall–Kier alpha value is -2.19. The molecule has 2 aliphatic rings. The summed E-state index contributed by atoms with van der Waals surface area (Å²) < 4.78 is 10.0. The molecule has 2 rings (SSSR count). The Morgan fingerprint density at radius 3 is 2.77 bits per heavy atom. The summed E-state index contributed by atoms with van der Waals surface area (Å²) in [6.07, 6.45) is 2.06. The van der Waals surface area contributed by atoms with Gasteiger partial charge < -0.3 is 15.2 Å². The number of nitrogens with zero attached hydrogens (tertiary/aromatic N) is 2. The first-order chi connectivity index (χ1) is 10.5. The molecule has 2 heterocycles. The second-order valence-corrected chi connectivity index (χ2v) is 4.95. The van der Waals surface area contributed by atoms with E-state index in [-0.39, 0.29) is 37.6 Å². The van der Waals surface area contributed by atoms with E-state index in [0.29, 0.717) is 6.42 Å². The molecule has 2 aliphatic heterocycles. The molecule has 0 saturated carbocycles. The maximum atomic E-state index is 12.2. The van der Waals surface area contributed by atoms with Gasteiger partial charge in [0.25, 0.3) is 5.91 Å². The van der Waals surface area contributed by atoms with E-state index in [2.05, 4.69) is 6.58 Å². The van der Waals surface area contributed by atoms with Crippen molar-refractivity contribution in [3.05, 3.63) is 23.9 Å². The minimum absolute atomic E-state index is 0.0201. The fourth-order valence-electron chi connectivity index (χ4n) is 2.31. The molecule has 2 N–H and O–H groups in total. The molecule has 0 aromatic rings. The molecule has 0 aromatic carbocycles. The third-order valence-corrected chi connectivity index (χ3v) is 3.26. The average Bonchev–Trinajstić information content (AvgIpc) is 3.00. The summed E-state index contributed by atoms with van der Waals surface area (Å²) in [5, 5.41) is 2.67. The number of fused-ring (bicyclic) bond motifs is 1. The molecule has 1 atom stereocenters. The van der Waals surface area contributed by atoms with E-state index in [9.17, 15) is 14.4 Å².